The number of carbonyl (C=O) groups excluding carboxylic acids is 1. The molecule has 0 aromatic carbocycles. The van der Waals surface area contributed by atoms with Crippen LogP contribution in [0.15, 0.2) is 0 Å². The topological polar surface area (TPSA) is 47.6 Å². The first kappa shape index (κ1) is 18.4. The fourth-order valence-electron chi connectivity index (χ4n) is 3.01. The van der Waals surface area contributed by atoms with Crippen LogP contribution in [-0.2, 0) is 14.3 Å². The van der Waals surface area contributed by atoms with E-state index in [1.54, 1.807) is 0 Å². The van der Waals surface area contributed by atoms with Crippen molar-refractivity contribution >= 4 is 5.97 Å². The van der Waals surface area contributed by atoms with E-state index in [1.165, 1.54) is 19.3 Å². The van der Waals surface area contributed by atoms with E-state index < -0.39 is 5.54 Å². The molecule has 0 amide bonds. The summed E-state index contributed by atoms with van der Waals surface area (Å²) in [6.45, 7) is 9.65. The highest BCUT2D eigenvalue weighted by atomic mass is 16.5. The Kier molecular flexibility index (Phi) is 8.27. The highest BCUT2D eigenvalue weighted by Crippen LogP contribution is 2.29. The van der Waals surface area contributed by atoms with Crippen molar-refractivity contribution in [2.75, 3.05) is 19.8 Å². The van der Waals surface area contributed by atoms with E-state index in [0.29, 0.717) is 25.2 Å². The molecule has 1 saturated carbocycles. The van der Waals surface area contributed by atoms with Crippen molar-refractivity contribution in [3.05, 3.63) is 0 Å². The highest BCUT2D eigenvalue weighted by Gasteiger charge is 2.36. The number of esters is 1. The minimum absolute atomic E-state index is 0.206. The van der Waals surface area contributed by atoms with E-state index in [4.69, 9.17) is 9.47 Å². The summed E-state index contributed by atoms with van der Waals surface area (Å²) in [5, 5.41) is 3.30. The lowest BCUT2D eigenvalue weighted by Gasteiger charge is -2.35. The molecule has 0 heterocycles. The molecule has 0 bridgehead atoms. The van der Waals surface area contributed by atoms with Crippen LogP contribution in [0.3, 0.4) is 0 Å². The predicted molar refractivity (Wildman–Crippen MR) is 85.3 cm³/mol. The second-order valence-corrected chi connectivity index (χ2v) is 6.28. The zero-order chi connectivity index (χ0) is 15.7. The average molecular weight is 299 g/mol. The third kappa shape index (κ3) is 5.59. The molecular weight excluding hydrogens is 266 g/mol. The van der Waals surface area contributed by atoms with E-state index >= 15 is 0 Å². The Hall–Kier alpha value is -0.610. The van der Waals surface area contributed by atoms with Crippen LogP contribution >= 0.6 is 0 Å². The van der Waals surface area contributed by atoms with Crippen molar-refractivity contribution in [3.8, 4) is 0 Å². The molecule has 4 heteroatoms. The van der Waals surface area contributed by atoms with E-state index in [0.717, 1.165) is 25.8 Å². The molecule has 21 heavy (non-hydrogen) atoms. The van der Waals surface area contributed by atoms with Crippen molar-refractivity contribution in [1.29, 1.82) is 0 Å². The van der Waals surface area contributed by atoms with Crippen LogP contribution in [0, 0.1) is 5.92 Å². The van der Waals surface area contributed by atoms with Gasteiger partial charge in [0.15, 0.2) is 0 Å². The SMILES string of the molecule is CCCNC(C)(COC1CCCCC1CC)C(=O)OCC. The maximum absolute atomic E-state index is 12.2. The first-order valence-corrected chi connectivity index (χ1v) is 8.61. The molecular formula is C17H33NO3. The zero-order valence-corrected chi connectivity index (χ0v) is 14.2. The van der Waals surface area contributed by atoms with Gasteiger partial charge in [0.25, 0.3) is 0 Å². The number of hydrogen-bond acceptors (Lipinski definition) is 4. The summed E-state index contributed by atoms with van der Waals surface area (Å²) in [7, 11) is 0. The molecule has 1 fully saturated rings. The molecule has 1 aliphatic rings. The molecule has 0 aromatic rings. The quantitative estimate of drug-likeness (QED) is 0.664. The second kappa shape index (κ2) is 9.42. The number of nitrogens with one attached hydrogen (secondary N) is 1. The van der Waals surface area contributed by atoms with Gasteiger partial charge in [-0.15, -0.1) is 0 Å². The second-order valence-electron chi connectivity index (χ2n) is 6.28. The Labute approximate surface area is 130 Å². The average Bonchev–Trinajstić information content (AvgIpc) is 2.51. The fourth-order valence-corrected chi connectivity index (χ4v) is 3.01. The molecule has 0 aliphatic heterocycles. The molecule has 3 unspecified atom stereocenters. The zero-order valence-electron chi connectivity index (χ0n) is 14.2. The molecule has 0 radical (unpaired) electrons. The normalized spacial score (nSPS) is 25.3. The van der Waals surface area contributed by atoms with Gasteiger partial charge in [-0.1, -0.05) is 33.1 Å². The first-order valence-electron chi connectivity index (χ1n) is 8.61. The summed E-state index contributed by atoms with van der Waals surface area (Å²) in [4.78, 5) is 12.2. The monoisotopic (exact) mass is 299 g/mol. The van der Waals surface area contributed by atoms with Crippen LogP contribution < -0.4 is 5.32 Å². The van der Waals surface area contributed by atoms with Gasteiger partial charge in [-0.2, -0.15) is 0 Å². The highest BCUT2D eigenvalue weighted by molar-refractivity contribution is 5.80. The van der Waals surface area contributed by atoms with Crippen molar-refractivity contribution < 1.29 is 14.3 Å². The van der Waals surface area contributed by atoms with Gasteiger partial charge in [0, 0.05) is 0 Å². The smallest absolute Gasteiger partial charge is 0.328 e. The number of rotatable bonds is 9. The molecule has 4 nitrogen and oxygen atoms in total. The summed E-state index contributed by atoms with van der Waals surface area (Å²) in [6, 6.07) is 0. The molecule has 0 aromatic heterocycles. The van der Waals surface area contributed by atoms with Crippen molar-refractivity contribution in [2.24, 2.45) is 5.92 Å². The van der Waals surface area contributed by atoms with Gasteiger partial charge in [0.05, 0.1) is 19.3 Å². The molecule has 1 rings (SSSR count). The minimum Gasteiger partial charge on any atom is -0.465 e. The van der Waals surface area contributed by atoms with Gasteiger partial charge in [0.1, 0.15) is 5.54 Å². The maximum Gasteiger partial charge on any atom is 0.328 e. The van der Waals surface area contributed by atoms with Crippen LogP contribution in [-0.4, -0.2) is 37.4 Å². The van der Waals surface area contributed by atoms with E-state index in [9.17, 15) is 4.79 Å². The van der Waals surface area contributed by atoms with Crippen LogP contribution in [0.2, 0.25) is 0 Å². The Morgan fingerprint density at radius 3 is 2.57 bits per heavy atom. The van der Waals surface area contributed by atoms with Gasteiger partial charge in [-0.25, -0.2) is 4.79 Å². The standard InChI is InChI=1S/C17H33NO3/c1-5-12-18-17(4,16(19)20-7-3)13-21-15-11-9-8-10-14(15)6-2/h14-15,18H,5-13H2,1-4H3. The van der Waals surface area contributed by atoms with Gasteiger partial charge >= 0.3 is 5.97 Å². The number of carbonyl (C=O) groups is 1. The lowest BCUT2D eigenvalue weighted by molar-refractivity contribution is -0.155. The van der Waals surface area contributed by atoms with Gasteiger partial charge in [-0.05, 0) is 45.6 Å². The van der Waals surface area contributed by atoms with E-state index in [-0.39, 0.29) is 5.97 Å². The third-order valence-corrected chi connectivity index (χ3v) is 4.44. The van der Waals surface area contributed by atoms with Crippen molar-refractivity contribution in [3.63, 3.8) is 0 Å². The van der Waals surface area contributed by atoms with E-state index in [1.807, 2.05) is 13.8 Å². The Bertz CT molecular complexity index is 308. The summed E-state index contributed by atoms with van der Waals surface area (Å²) in [6.07, 6.45) is 7.34. The number of hydrogen-bond donors (Lipinski definition) is 1. The predicted octanol–water partition coefficient (Wildman–Crippen LogP) is 3.29. The molecule has 0 spiro atoms. The first-order chi connectivity index (χ1) is 10.1. The third-order valence-electron chi connectivity index (χ3n) is 4.44. The molecule has 1 N–H and O–H groups in total. The van der Waals surface area contributed by atoms with Crippen molar-refractivity contribution in [2.45, 2.75) is 77.9 Å². The van der Waals surface area contributed by atoms with Gasteiger partial charge in [-0.3, -0.25) is 0 Å². The largest absolute Gasteiger partial charge is 0.465 e. The van der Waals surface area contributed by atoms with Gasteiger partial charge in [0.2, 0.25) is 0 Å². The lowest BCUT2D eigenvalue weighted by atomic mass is 9.84. The van der Waals surface area contributed by atoms with Crippen LogP contribution in [0.25, 0.3) is 0 Å². The molecule has 1 aliphatic carbocycles. The molecule has 124 valence electrons. The lowest BCUT2D eigenvalue weighted by Crippen LogP contribution is -2.55. The summed E-state index contributed by atoms with van der Waals surface area (Å²) >= 11 is 0. The van der Waals surface area contributed by atoms with Crippen LogP contribution in [0.5, 0.6) is 0 Å². The minimum atomic E-state index is -0.734. The number of ether oxygens (including phenoxy) is 2. The Morgan fingerprint density at radius 2 is 1.95 bits per heavy atom. The Balaban J connectivity index is 2.60. The van der Waals surface area contributed by atoms with Crippen LogP contribution in [0.1, 0.15) is 66.2 Å². The molecule has 0 saturated heterocycles. The van der Waals surface area contributed by atoms with Crippen LogP contribution in [0.4, 0.5) is 0 Å². The summed E-state index contributed by atoms with van der Waals surface area (Å²) in [5.41, 5.74) is -0.734. The summed E-state index contributed by atoms with van der Waals surface area (Å²) < 4.78 is 11.4. The van der Waals surface area contributed by atoms with Gasteiger partial charge < -0.3 is 14.8 Å². The summed E-state index contributed by atoms with van der Waals surface area (Å²) in [5.74, 6) is 0.429. The van der Waals surface area contributed by atoms with E-state index in [2.05, 4.69) is 19.2 Å². The van der Waals surface area contributed by atoms with Crippen molar-refractivity contribution in [1.82, 2.24) is 5.32 Å². The fraction of sp³-hybridized carbons (Fsp3) is 0.941. The Morgan fingerprint density at radius 1 is 1.24 bits per heavy atom. The maximum atomic E-state index is 12.2. The molecule has 3 atom stereocenters.